The van der Waals surface area contributed by atoms with Gasteiger partial charge in [0.15, 0.2) is 0 Å². The Morgan fingerprint density at radius 3 is 1.48 bits per heavy atom. The third-order valence-corrected chi connectivity index (χ3v) is 9.24. The molecule has 46 heavy (non-hydrogen) atoms. The molecule has 0 bridgehead atoms. The van der Waals surface area contributed by atoms with Crippen LogP contribution >= 0.6 is 0 Å². The molecule has 0 saturated heterocycles. The highest BCUT2D eigenvalue weighted by molar-refractivity contribution is 6.21. The molecule has 0 aliphatic heterocycles. The van der Waals surface area contributed by atoms with Crippen LogP contribution in [0.25, 0.3) is 87.9 Å². The summed E-state index contributed by atoms with van der Waals surface area (Å²) in [5.41, 5.74) is 11.8. The van der Waals surface area contributed by atoms with Gasteiger partial charge in [-0.2, -0.15) is 0 Å². The highest BCUT2D eigenvalue weighted by atomic mass is 14.7. The minimum atomic E-state index is 1.04. The Hall–Kier alpha value is -6.05. The molecule has 0 N–H and O–H groups in total. The van der Waals surface area contributed by atoms with Gasteiger partial charge in [0.05, 0.1) is 11.0 Å². The van der Waals surface area contributed by atoms with Crippen LogP contribution in [0.15, 0.2) is 176 Å². The van der Waals surface area contributed by atoms with Gasteiger partial charge in [-0.15, -0.1) is 0 Å². The Balaban J connectivity index is 1.32. The molecule has 9 rings (SSSR count). The number of aromatic nitrogens is 1. The van der Waals surface area contributed by atoms with E-state index < -0.39 is 0 Å². The summed E-state index contributed by atoms with van der Waals surface area (Å²) < 4.78 is 0. The molecule has 1 heteroatoms. The van der Waals surface area contributed by atoms with E-state index in [-0.39, 0.29) is 0 Å². The van der Waals surface area contributed by atoms with E-state index in [0.717, 1.165) is 11.0 Å². The number of rotatable bonds is 4. The van der Waals surface area contributed by atoms with Gasteiger partial charge in [0.1, 0.15) is 0 Å². The fraction of sp³-hybridized carbons (Fsp3) is 0. The highest BCUT2D eigenvalue weighted by Gasteiger charge is 2.17. The fourth-order valence-corrected chi connectivity index (χ4v) is 7.03. The zero-order chi connectivity index (χ0) is 30.5. The van der Waals surface area contributed by atoms with E-state index in [1.807, 2.05) is 0 Å². The van der Waals surface area contributed by atoms with Crippen molar-refractivity contribution in [3.05, 3.63) is 176 Å². The van der Waals surface area contributed by atoms with Crippen molar-refractivity contribution >= 4 is 43.4 Å². The zero-order valence-electron chi connectivity index (χ0n) is 25.2. The van der Waals surface area contributed by atoms with Crippen LogP contribution in [-0.4, -0.2) is 4.98 Å². The van der Waals surface area contributed by atoms with Crippen LogP contribution in [0.3, 0.4) is 0 Å². The van der Waals surface area contributed by atoms with E-state index >= 15 is 0 Å². The van der Waals surface area contributed by atoms with Crippen molar-refractivity contribution in [2.75, 3.05) is 0 Å². The maximum Gasteiger partial charge on any atom is 0.0794 e. The monoisotopic (exact) mass is 583 g/mol. The Morgan fingerprint density at radius 1 is 0.283 bits per heavy atom. The molecule has 1 aromatic heterocycles. The quantitative estimate of drug-likeness (QED) is 0.148. The largest absolute Gasteiger partial charge is 0.246 e. The molecule has 0 spiro atoms. The van der Waals surface area contributed by atoms with E-state index in [2.05, 4.69) is 176 Å². The summed E-state index contributed by atoms with van der Waals surface area (Å²) in [5.74, 6) is 0. The van der Waals surface area contributed by atoms with Crippen molar-refractivity contribution in [2.24, 2.45) is 0 Å². The third kappa shape index (κ3) is 4.37. The van der Waals surface area contributed by atoms with Crippen LogP contribution in [0, 0.1) is 0 Å². The van der Waals surface area contributed by atoms with Gasteiger partial charge < -0.3 is 0 Å². The Labute approximate surface area is 268 Å². The molecule has 0 aliphatic rings. The molecule has 1 heterocycles. The van der Waals surface area contributed by atoms with Crippen LogP contribution in [0.2, 0.25) is 0 Å². The summed E-state index contributed by atoms with van der Waals surface area (Å²) in [5, 5.41) is 7.09. The van der Waals surface area contributed by atoms with Gasteiger partial charge in [-0.1, -0.05) is 164 Å². The lowest BCUT2D eigenvalue weighted by Crippen LogP contribution is -1.93. The summed E-state index contributed by atoms with van der Waals surface area (Å²) in [6.45, 7) is 0. The predicted molar refractivity (Wildman–Crippen MR) is 196 cm³/mol. The van der Waals surface area contributed by atoms with Crippen molar-refractivity contribution in [2.45, 2.75) is 0 Å². The number of hydrogen-bond donors (Lipinski definition) is 0. The van der Waals surface area contributed by atoms with Gasteiger partial charge in [0, 0.05) is 27.1 Å². The molecular weight excluding hydrogens is 555 g/mol. The topological polar surface area (TPSA) is 12.9 Å². The van der Waals surface area contributed by atoms with Gasteiger partial charge in [-0.25, -0.2) is 4.98 Å². The average Bonchev–Trinajstić information content (AvgIpc) is 3.14. The van der Waals surface area contributed by atoms with Crippen LogP contribution in [0.5, 0.6) is 0 Å². The lowest BCUT2D eigenvalue weighted by Gasteiger charge is -2.17. The van der Waals surface area contributed by atoms with Gasteiger partial charge >= 0.3 is 0 Å². The van der Waals surface area contributed by atoms with E-state index in [0.29, 0.717) is 0 Å². The predicted octanol–water partition coefficient (Wildman–Crippen LogP) is 12.4. The molecule has 8 aromatic carbocycles. The van der Waals surface area contributed by atoms with E-state index in [4.69, 9.17) is 4.98 Å². The Bertz CT molecular complexity index is 2470. The smallest absolute Gasteiger partial charge is 0.0794 e. The fourth-order valence-electron chi connectivity index (χ4n) is 7.03. The average molecular weight is 584 g/mol. The molecule has 0 amide bonds. The molecule has 0 atom stereocenters. The number of fused-ring (bicyclic) bond motifs is 6. The van der Waals surface area contributed by atoms with E-state index in [9.17, 15) is 0 Å². The molecule has 0 fully saturated rings. The van der Waals surface area contributed by atoms with Crippen molar-refractivity contribution in [1.29, 1.82) is 0 Å². The first kappa shape index (κ1) is 26.4. The SMILES string of the molecule is c1ccc(-c2ccc(-c3cccc(-c4c5ccc6ccccc6c5nc5c4ccc4ccccc45)c3)c(-c3ccccc3)c2)cc1. The Morgan fingerprint density at radius 2 is 0.826 bits per heavy atom. The van der Waals surface area contributed by atoms with E-state index in [1.54, 1.807) is 0 Å². The van der Waals surface area contributed by atoms with E-state index in [1.165, 1.54) is 76.8 Å². The molecule has 0 radical (unpaired) electrons. The highest BCUT2D eigenvalue weighted by Crippen LogP contribution is 2.42. The lowest BCUT2D eigenvalue weighted by molar-refractivity contribution is 1.52. The molecule has 0 saturated carbocycles. The number of nitrogens with zero attached hydrogens (tertiary/aromatic N) is 1. The lowest BCUT2D eigenvalue weighted by atomic mass is 9.88. The van der Waals surface area contributed by atoms with Crippen molar-refractivity contribution in [1.82, 2.24) is 4.98 Å². The van der Waals surface area contributed by atoms with Crippen LogP contribution < -0.4 is 0 Å². The third-order valence-electron chi connectivity index (χ3n) is 9.24. The zero-order valence-corrected chi connectivity index (χ0v) is 25.2. The molecular formula is C45H29N. The Kier molecular flexibility index (Phi) is 6.21. The second-order valence-corrected chi connectivity index (χ2v) is 11.9. The number of benzene rings is 8. The second-order valence-electron chi connectivity index (χ2n) is 11.9. The van der Waals surface area contributed by atoms with Crippen LogP contribution in [0.4, 0.5) is 0 Å². The first-order valence-corrected chi connectivity index (χ1v) is 15.8. The molecule has 1 nitrogen and oxygen atoms in total. The number of hydrogen-bond acceptors (Lipinski definition) is 1. The van der Waals surface area contributed by atoms with Gasteiger partial charge in [0.2, 0.25) is 0 Å². The molecule has 0 unspecified atom stereocenters. The maximum atomic E-state index is 5.39. The maximum absolute atomic E-state index is 5.39. The minimum absolute atomic E-state index is 1.04. The van der Waals surface area contributed by atoms with Gasteiger partial charge in [-0.3, -0.25) is 0 Å². The molecule has 0 aliphatic carbocycles. The second kappa shape index (κ2) is 10.8. The van der Waals surface area contributed by atoms with Crippen LogP contribution in [0.1, 0.15) is 0 Å². The van der Waals surface area contributed by atoms with Gasteiger partial charge in [0.25, 0.3) is 0 Å². The summed E-state index contributed by atoms with van der Waals surface area (Å²) >= 11 is 0. The molecule has 9 aromatic rings. The van der Waals surface area contributed by atoms with Crippen molar-refractivity contribution < 1.29 is 0 Å². The summed E-state index contributed by atoms with van der Waals surface area (Å²) in [6, 6.07) is 63.4. The van der Waals surface area contributed by atoms with Gasteiger partial charge in [-0.05, 0) is 61.8 Å². The first-order chi connectivity index (χ1) is 22.8. The van der Waals surface area contributed by atoms with Crippen molar-refractivity contribution in [3.8, 4) is 44.5 Å². The number of pyridine rings is 1. The summed E-state index contributed by atoms with van der Waals surface area (Å²) in [6.07, 6.45) is 0. The summed E-state index contributed by atoms with van der Waals surface area (Å²) in [7, 11) is 0. The van der Waals surface area contributed by atoms with Crippen LogP contribution in [-0.2, 0) is 0 Å². The first-order valence-electron chi connectivity index (χ1n) is 15.8. The normalized spacial score (nSPS) is 11.5. The minimum Gasteiger partial charge on any atom is -0.246 e. The standard InChI is InChI=1S/C45H29N/c1-3-12-30(13-4-1)34-24-25-37(42(29-34)31-14-5-2-6-15-31)35-18-11-19-36(28-35)43-40-26-22-32-16-7-9-20-38(32)44(40)46-45-39-21-10-8-17-33(39)23-27-41(43)45/h1-29H. The van der Waals surface area contributed by atoms with Crippen molar-refractivity contribution in [3.63, 3.8) is 0 Å². The molecule has 214 valence electrons. The summed E-state index contributed by atoms with van der Waals surface area (Å²) in [4.78, 5) is 5.39.